The van der Waals surface area contributed by atoms with Crippen molar-refractivity contribution in [3.8, 4) is 0 Å². The number of carbonyl (C=O) groups excluding carboxylic acids is 2. The van der Waals surface area contributed by atoms with Gasteiger partial charge in [0.05, 0.1) is 18.2 Å². The third-order valence-electron chi connectivity index (χ3n) is 6.96. The predicted molar refractivity (Wildman–Crippen MR) is 131 cm³/mol. The minimum atomic E-state index is -2.69. The van der Waals surface area contributed by atoms with Crippen molar-refractivity contribution in [3.05, 3.63) is 35.9 Å². The number of aliphatic imine (C=N–C) groups is 1. The number of rotatable bonds is 1. The van der Waals surface area contributed by atoms with Gasteiger partial charge in [0, 0.05) is 10.1 Å². The quantitative estimate of drug-likeness (QED) is 0.431. The molecule has 1 aromatic carbocycles. The lowest BCUT2D eigenvalue weighted by Gasteiger charge is -2.56. The molecule has 186 valence electrons. The van der Waals surface area contributed by atoms with Gasteiger partial charge in [-0.3, -0.25) is 9.79 Å². The third kappa shape index (κ3) is 4.08. The second-order valence-electron chi connectivity index (χ2n) is 11.8. The lowest BCUT2D eigenvalue weighted by atomic mass is 9.82. The van der Waals surface area contributed by atoms with E-state index in [0.717, 1.165) is 11.3 Å². The van der Waals surface area contributed by atoms with Gasteiger partial charge in [0.25, 0.3) is 0 Å². The van der Waals surface area contributed by atoms with Crippen LogP contribution in [0.5, 0.6) is 0 Å². The Hall–Kier alpha value is -1.87. The maximum absolute atomic E-state index is 13.0. The first-order valence-electron chi connectivity index (χ1n) is 12.0. The molecule has 8 heteroatoms. The molecule has 4 heterocycles. The Kier molecular flexibility index (Phi) is 6.42. The minimum absolute atomic E-state index is 0.140. The van der Waals surface area contributed by atoms with Crippen LogP contribution >= 0.6 is 0 Å². The first kappa shape index (κ1) is 25.2. The summed E-state index contributed by atoms with van der Waals surface area (Å²) >= 11 is 0. The van der Waals surface area contributed by atoms with Crippen LogP contribution in [0.1, 0.15) is 61.0 Å². The molecule has 3 fully saturated rings. The lowest BCUT2D eigenvalue weighted by Crippen LogP contribution is -2.69. The molecule has 0 spiro atoms. The predicted octanol–water partition coefficient (Wildman–Crippen LogP) is 4.43. The van der Waals surface area contributed by atoms with Gasteiger partial charge >= 0.3 is 14.5 Å². The van der Waals surface area contributed by atoms with Gasteiger partial charge in [-0.25, -0.2) is 0 Å². The molecule has 3 saturated heterocycles. The molecule has 5 rings (SSSR count). The van der Waals surface area contributed by atoms with E-state index < -0.39 is 20.7 Å². The molecule has 7 nitrogen and oxygen atoms in total. The SMILES string of the molecule is CC(C)(C)[Si]1(C(C)(C)C)OC[C@H]2O[C@H]3N=C(c4ccccc4)[C@H]4C(=O)O[C@@H]([C@@H]2O1)[C@H]43.CC(C)=O. The van der Waals surface area contributed by atoms with Gasteiger partial charge in [0.1, 0.15) is 30.0 Å². The number of benzene rings is 1. The number of ether oxygens (including phenoxy) is 2. The van der Waals surface area contributed by atoms with Crippen molar-refractivity contribution >= 4 is 26.0 Å². The van der Waals surface area contributed by atoms with E-state index in [2.05, 4.69) is 41.5 Å². The number of nitrogens with zero attached hydrogens (tertiary/aromatic N) is 1. The van der Waals surface area contributed by atoms with Gasteiger partial charge in [0.2, 0.25) is 0 Å². The average Bonchev–Trinajstić information content (AvgIpc) is 3.27. The van der Waals surface area contributed by atoms with Crippen LogP contribution in [0.2, 0.25) is 10.1 Å². The maximum Gasteiger partial charge on any atom is 0.349 e. The van der Waals surface area contributed by atoms with Gasteiger partial charge in [0.15, 0.2) is 6.23 Å². The minimum Gasteiger partial charge on any atom is -0.459 e. The number of fused-ring (bicyclic) bond motifs is 2. The fourth-order valence-electron chi connectivity index (χ4n) is 5.91. The summed E-state index contributed by atoms with van der Waals surface area (Å²) in [5.74, 6) is -0.581. The first-order valence-corrected chi connectivity index (χ1v) is 13.9. The molecule has 1 aromatic rings. The molecular formula is C26H37NO6Si. The van der Waals surface area contributed by atoms with Crippen LogP contribution in [-0.4, -0.2) is 57.2 Å². The molecule has 0 unspecified atom stereocenters. The summed E-state index contributed by atoms with van der Waals surface area (Å²) in [6.07, 6.45) is -1.35. The number of esters is 1. The summed E-state index contributed by atoms with van der Waals surface area (Å²) in [5.41, 5.74) is 1.72. The van der Waals surface area contributed by atoms with E-state index in [-0.39, 0.29) is 46.1 Å². The fourth-order valence-corrected chi connectivity index (χ4v) is 10.9. The molecule has 0 aliphatic carbocycles. The molecule has 4 aliphatic heterocycles. The Morgan fingerprint density at radius 2 is 1.59 bits per heavy atom. The Bertz CT molecular complexity index is 961. The van der Waals surface area contributed by atoms with Crippen molar-refractivity contribution in [2.24, 2.45) is 16.8 Å². The Labute approximate surface area is 203 Å². The zero-order valence-corrected chi connectivity index (χ0v) is 22.5. The maximum atomic E-state index is 13.0. The Morgan fingerprint density at radius 3 is 2.15 bits per heavy atom. The second-order valence-corrected chi connectivity index (χ2v) is 16.6. The topological polar surface area (TPSA) is 83.4 Å². The third-order valence-corrected chi connectivity index (χ3v) is 12.1. The van der Waals surface area contributed by atoms with E-state index in [9.17, 15) is 9.59 Å². The van der Waals surface area contributed by atoms with Crippen molar-refractivity contribution in [1.82, 2.24) is 0 Å². The highest BCUT2D eigenvalue weighted by Gasteiger charge is 2.68. The highest BCUT2D eigenvalue weighted by atomic mass is 28.4. The number of carbonyl (C=O) groups is 2. The van der Waals surface area contributed by atoms with Crippen molar-refractivity contribution in [2.45, 2.75) is 90.0 Å². The standard InChI is InChI=1S/C23H31NO5Si.C3H6O/c1-22(2,3)30(23(4,5)6)26-12-14-18(29-30)19-16-15(21(25)28-19)17(24-20(16)27-14)13-10-8-7-9-11-13;1-3(2)4/h7-11,14-16,18-20H,12H2,1-6H3;1-2H3/t14-,15+,16+,18-,19-,20-;/m1./s1. The van der Waals surface area contributed by atoms with E-state index in [1.807, 2.05) is 30.3 Å². The normalized spacial score (nSPS) is 33.6. The molecule has 0 saturated carbocycles. The van der Waals surface area contributed by atoms with E-state index >= 15 is 0 Å². The highest BCUT2D eigenvalue weighted by Crippen LogP contribution is 2.57. The van der Waals surface area contributed by atoms with Crippen LogP contribution in [0.25, 0.3) is 0 Å². The zero-order valence-electron chi connectivity index (χ0n) is 21.5. The second kappa shape index (κ2) is 8.66. The van der Waals surface area contributed by atoms with Crippen molar-refractivity contribution in [1.29, 1.82) is 0 Å². The monoisotopic (exact) mass is 487 g/mol. The summed E-state index contributed by atoms with van der Waals surface area (Å²) in [4.78, 5) is 27.3. The smallest absolute Gasteiger partial charge is 0.349 e. The first-order chi connectivity index (χ1) is 15.8. The van der Waals surface area contributed by atoms with Crippen LogP contribution in [0, 0.1) is 11.8 Å². The lowest BCUT2D eigenvalue weighted by molar-refractivity contribution is -0.214. The van der Waals surface area contributed by atoms with Gasteiger partial charge in [-0.05, 0) is 19.4 Å². The summed E-state index contributed by atoms with van der Waals surface area (Å²) < 4.78 is 25.8. The summed E-state index contributed by atoms with van der Waals surface area (Å²) in [6, 6.07) is 9.85. The number of Topliss-reactive ketones (excluding diaryl/α,β-unsaturated/α-hetero) is 1. The summed E-state index contributed by atoms with van der Waals surface area (Å²) in [5, 5.41) is -0.285. The molecule has 4 aliphatic rings. The van der Waals surface area contributed by atoms with Gasteiger partial charge in [-0.2, -0.15) is 0 Å². The largest absolute Gasteiger partial charge is 0.459 e. The van der Waals surface area contributed by atoms with Crippen molar-refractivity contribution in [3.63, 3.8) is 0 Å². The molecule has 0 radical (unpaired) electrons. The Balaban J connectivity index is 0.000000636. The molecule has 0 bridgehead atoms. The average molecular weight is 488 g/mol. The van der Waals surface area contributed by atoms with Crippen LogP contribution in [0.3, 0.4) is 0 Å². The zero-order chi connectivity index (χ0) is 25.1. The molecule has 0 N–H and O–H groups in total. The number of hydrogen-bond donors (Lipinski definition) is 0. The molecule has 0 aromatic heterocycles. The van der Waals surface area contributed by atoms with E-state index in [4.69, 9.17) is 23.3 Å². The van der Waals surface area contributed by atoms with Crippen LogP contribution in [-0.2, 0) is 27.9 Å². The molecular weight excluding hydrogens is 450 g/mol. The fraction of sp³-hybridized carbons (Fsp3) is 0.654. The van der Waals surface area contributed by atoms with Crippen molar-refractivity contribution < 1.29 is 27.9 Å². The Morgan fingerprint density at radius 1 is 1.00 bits per heavy atom. The number of ketones is 1. The number of hydrogen-bond acceptors (Lipinski definition) is 7. The van der Waals surface area contributed by atoms with Crippen LogP contribution in [0.4, 0.5) is 0 Å². The van der Waals surface area contributed by atoms with Crippen LogP contribution in [0.15, 0.2) is 35.3 Å². The summed E-state index contributed by atoms with van der Waals surface area (Å²) in [7, 11) is -2.69. The van der Waals surface area contributed by atoms with Crippen LogP contribution < -0.4 is 0 Å². The van der Waals surface area contributed by atoms with Gasteiger partial charge in [-0.1, -0.05) is 71.9 Å². The highest BCUT2D eigenvalue weighted by molar-refractivity contribution is 6.73. The van der Waals surface area contributed by atoms with Crippen molar-refractivity contribution in [2.75, 3.05) is 6.61 Å². The molecule has 34 heavy (non-hydrogen) atoms. The molecule has 0 amide bonds. The van der Waals surface area contributed by atoms with E-state index in [1.165, 1.54) is 13.8 Å². The molecule has 6 atom stereocenters. The summed E-state index contributed by atoms with van der Waals surface area (Å²) in [6.45, 7) is 16.6. The van der Waals surface area contributed by atoms with E-state index in [1.54, 1.807) is 0 Å². The van der Waals surface area contributed by atoms with E-state index in [0.29, 0.717) is 6.61 Å². The van der Waals surface area contributed by atoms with Gasteiger partial charge < -0.3 is 23.1 Å². The van der Waals surface area contributed by atoms with Gasteiger partial charge in [-0.15, -0.1) is 0 Å².